The third-order valence-corrected chi connectivity index (χ3v) is 28.5. The van der Waals surface area contributed by atoms with Crippen LogP contribution in [0.3, 0.4) is 0 Å². The molecule has 0 unspecified atom stereocenters. The van der Waals surface area contributed by atoms with Gasteiger partial charge in [0.05, 0.1) is 0 Å². The van der Waals surface area contributed by atoms with Crippen molar-refractivity contribution in [2.24, 2.45) is 0 Å². The predicted octanol–water partition coefficient (Wildman–Crippen LogP) is 8.96. The zero-order chi connectivity index (χ0) is 38.1. The second-order valence-electron chi connectivity index (χ2n) is 17.1. The fraction of sp³-hybridized carbons (Fsp3) is 0.176. The molecule has 1 saturated carbocycles. The van der Waals surface area contributed by atoms with Crippen molar-refractivity contribution in [3.63, 3.8) is 0 Å². The SMILES string of the molecule is C[Si]1(C)c2ccccc2Sc2c(-c3cc([Si](c4ccccc4)(c4ccccc4)c4cccc5c4Sc4ccccc4[Si]5(C)C)ccc3C3CCCC3)cccc21. The third-order valence-electron chi connectivity index (χ3n) is 13.3. The molecule has 0 spiro atoms. The molecule has 2 heterocycles. The van der Waals surface area contributed by atoms with Crippen LogP contribution in [-0.2, 0) is 0 Å². The average Bonchev–Trinajstić information content (AvgIpc) is 3.77. The van der Waals surface area contributed by atoms with Crippen LogP contribution >= 0.6 is 23.5 Å². The minimum absolute atomic E-state index is 0.592. The van der Waals surface area contributed by atoms with Gasteiger partial charge in [-0.2, -0.15) is 0 Å². The van der Waals surface area contributed by atoms with Crippen molar-refractivity contribution in [2.45, 2.75) is 77.4 Å². The highest BCUT2D eigenvalue weighted by Gasteiger charge is 2.47. The quantitative estimate of drug-likeness (QED) is 0.122. The standard InChI is InChI=1S/C51H48S2Si3/c1-54(2)45-28-15-13-26-43(45)52-50-41(25-17-30-47(50)54)42-35-39(33-34-40(42)36-19-11-12-20-36)56(37-21-7-5-8-22-37,38-23-9-6-10-24-38)49-32-18-31-48-51(49)53-44-27-14-16-29-46(44)55(48,3)4/h5-10,13-18,21-36H,11-12,19-20H2,1-4H3. The maximum atomic E-state index is 2.72. The van der Waals surface area contributed by atoms with E-state index in [1.807, 2.05) is 23.5 Å². The maximum Gasteiger partial charge on any atom is 0.180 e. The normalized spacial score (nSPS) is 16.7. The van der Waals surface area contributed by atoms with Gasteiger partial charge in [-0.1, -0.05) is 214 Å². The van der Waals surface area contributed by atoms with Gasteiger partial charge < -0.3 is 0 Å². The van der Waals surface area contributed by atoms with E-state index in [4.69, 9.17) is 0 Å². The maximum absolute atomic E-state index is 2.91. The molecule has 1 aliphatic carbocycles. The molecular formula is C51H48S2Si3. The first-order valence-electron chi connectivity index (χ1n) is 20.4. The van der Waals surface area contributed by atoms with Gasteiger partial charge in [-0.3, -0.25) is 0 Å². The number of benzene rings is 7. The molecule has 7 aromatic rings. The number of hydrogen-bond acceptors (Lipinski definition) is 2. The Balaban J connectivity index is 1.29. The third kappa shape index (κ3) is 5.60. The first-order valence-corrected chi connectivity index (χ1v) is 30.0. The lowest BCUT2D eigenvalue weighted by Gasteiger charge is -2.40. The lowest BCUT2D eigenvalue weighted by molar-refractivity contribution is 0.725. The number of rotatable bonds is 6. The topological polar surface area (TPSA) is 0 Å². The molecule has 1 fully saturated rings. The number of fused-ring (bicyclic) bond motifs is 4. The van der Waals surface area contributed by atoms with E-state index < -0.39 is 24.2 Å². The second-order valence-corrected chi connectivity index (χ2v) is 31.6. The Morgan fingerprint density at radius 1 is 0.446 bits per heavy atom. The van der Waals surface area contributed by atoms with Gasteiger partial charge in [0.25, 0.3) is 0 Å². The van der Waals surface area contributed by atoms with E-state index in [1.165, 1.54) is 77.1 Å². The van der Waals surface area contributed by atoms with Crippen LogP contribution in [0.1, 0.15) is 37.2 Å². The van der Waals surface area contributed by atoms with Gasteiger partial charge in [-0.25, -0.2) is 0 Å². The molecule has 0 bridgehead atoms. The van der Waals surface area contributed by atoms with Crippen molar-refractivity contribution < 1.29 is 0 Å². The van der Waals surface area contributed by atoms with Gasteiger partial charge in [0.2, 0.25) is 0 Å². The number of hydrogen-bond donors (Lipinski definition) is 0. The summed E-state index contributed by atoms with van der Waals surface area (Å²) in [6.45, 7) is 10.3. The smallest absolute Gasteiger partial charge is 0.0904 e. The summed E-state index contributed by atoms with van der Waals surface area (Å²) in [6.07, 6.45) is 5.20. The molecule has 0 radical (unpaired) electrons. The molecule has 276 valence electrons. The Labute approximate surface area is 344 Å². The first kappa shape index (κ1) is 36.2. The highest BCUT2D eigenvalue weighted by molar-refractivity contribution is 8.00. The molecule has 0 atom stereocenters. The average molecular weight is 809 g/mol. The summed E-state index contributed by atoms with van der Waals surface area (Å²) in [5.41, 5.74) is 4.45. The first-order chi connectivity index (χ1) is 27.3. The molecular weight excluding hydrogens is 761 g/mol. The fourth-order valence-corrected chi connectivity index (χ4v) is 27.0. The van der Waals surface area contributed by atoms with Crippen LogP contribution in [0, 0.1) is 0 Å². The molecule has 5 heteroatoms. The molecule has 0 amide bonds. The van der Waals surface area contributed by atoms with Gasteiger partial charge in [0.1, 0.15) is 16.1 Å². The summed E-state index contributed by atoms with van der Waals surface area (Å²) in [7, 11) is -6.82. The van der Waals surface area contributed by atoms with Crippen LogP contribution in [-0.4, -0.2) is 24.2 Å². The van der Waals surface area contributed by atoms with Crippen LogP contribution < -0.4 is 41.5 Å². The Hall–Kier alpha value is -4.11. The van der Waals surface area contributed by atoms with Crippen molar-refractivity contribution in [3.8, 4) is 11.1 Å². The van der Waals surface area contributed by atoms with Crippen LogP contribution in [0.25, 0.3) is 11.1 Å². The summed E-state index contributed by atoms with van der Waals surface area (Å²) in [6, 6.07) is 64.3. The molecule has 56 heavy (non-hydrogen) atoms. The van der Waals surface area contributed by atoms with Gasteiger partial charge >= 0.3 is 0 Å². The van der Waals surface area contributed by atoms with Crippen LogP contribution in [0.5, 0.6) is 0 Å². The van der Waals surface area contributed by atoms with E-state index in [-0.39, 0.29) is 0 Å². The highest BCUT2D eigenvalue weighted by atomic mass is 32.2. The van der Waals surface area contributed by atoms with Crippen LogP contribution in [0.15, 0.2) is 183 Å². The van der Waals surface area contributed by atoms with Gasteiger partial charge in [0, 0.05) is 19.6 Å². The molecule has 3 aliphatic rings. The molecule has 10 rings (SSSR count). The van der Waals surface area contributed by atoms with Crippen molar-refractivity contribution in [1.82, 2.24) is 0 Å². The Morgan fingerprint density at radius 2 is 0.946 bits per heavy atom. The Morgan fingerprint density at radius 3 is 1.55 bits per heavy atom. The highest BCUT2D eigenvalue weighted by Crippen LogP contribution is 2.44. The van der Waals surface area contributed by atoms with Crippen molar-refractivity contribution in [3.05, 3.63) is 169 Å². The van der Waals surface area contributed by atoms with E-state index in [9.17, 15) is 0 Å². The molecule has 0 saturated heterocycles. The Bertz CT molecular complexity index is 2570. The van der Waals surface area contributed by atoms with Crippen molar-refractivity contribution >= 4 is 89.2 Å². The summed E-state index contributed by atoms with van der Waals surface area (Å²) < 4.78 is 0. The predicted molar refractivity (Wildman–Crippen MR) is 251 cm³/mol. The molecule has 2 aliphatic heterocycles. The monoisotopic (exact) mass is 808 g/mol. The van der Waals surface area contributed by atoms with E-state index in [0.29, 0.717) is 5.92 Å². The summed E-state index contributed by atoms with van der Waals surface area (Å²) in [4.78, 5) is 5.87. The minimum atomic E-state index is -2.91. The van der Waals surface area contributed by atoms with Gasteiger partial charge in [-0.05, 0) is 89.1 Å². The molecule has 0 N–H and O–H groups in total. The zero-order valence-electron chi connectivity index (χ0n) is 32.8. The largest absolute Gasteiger partial charge is 0.180 e. The van der Waals surface area contributed by atoms with E-state index in [2.05, 4.69) is 190 Å². The zero-order valence-corrected chi connectivity index (χ0v) is 37.4. The lowest BCUT2D eigenvalue weighted by atomic mass is 9.89. The van der Waals surface area contributed by atoms with E-state index in [1.54, 1.807) is 26.3 Å². The molecule has 0 aromatic heterocycles. The second kappa shape index (κ2) is 14.1. The summed E-state index contributed by atoms with van der Waals surface area (Å²) >= 11 is 4.05. The summed E-state index contributed by atoms with van der Waals surface area (Å²) in [5, 5.41) is 12.2. The van der Waals surface area contributed by atoms with E-state index in [0.717, 1.165) is 0 Å². The molecule has 7 aromatic carbocycles. The Kier molecular flexibility index (Phi) is 9.11. The minimum Gasteiger partial charge on any atom is -0.0904 e. The van der Waals surface area contributed by atoms with Gasteiger partial charge in [-0.15, -0.1) is 0 Å². The molecule has 0 nitrogen and oxygen atoms in total. The van der Waals surface area contributed by atoms with Crippen molar-refractivity contribution in [1.29, 1.82) is 0 Å². The van der Waals surface area contributed by atoms with Crippen LogP contribution in [0.2, 0.25) is 26.2 Å². The van der Waals surface area contributed by atoms with Gasteiger partial charge in [0.15, 0.2) is 8.07 Å². The van der Waals surface area contributed by atoms with Crippen LogP contribution in [0.4, 0.5) is 0 Å². The van der Waals surface area contributed by atoms with E-state index >= 15 is 0 Å². The van der Waals surface area contributed by atoms with Crippen molar-refractivity contribution in [2.75, 3.05) is 0 Å². The lowest BCUT2D eigenvalue weighted by Crippen LogP contribution is -2.76. The summed E-state index contributed by atoms with van der Waals surface area (Å²) in [5.74, 6) is 0.592. The fourth-order valence-electron chi connectivity index (χ4n) is 10.4.